The zero-order chi connectivity index (χ0) is 14.8. The number of aliphatic hydroxyl groups excluding tert-OH is 1. The van der Waals surface area contributed by atoms with Gasteiger partial charge in [-0.25, -0.2) is 0 Å². The lowest BCUT2D eigenvalue weighted by molar-refractivity contribution is 0.269. The largest absolute Gasteiger partial charge is 0.388 e. The van der Waals surface area contributed by atoms with Crippen LogP contribution in [-0.4, -0.2) is 19.9 Å². The van der Waals surface area contributed by atoms with Crippen LogP contribution in [0.2, 0.25) is 0 Å². The van der Waals surface area contributed by atoms with Gasteiger partial charge in [0.25, 0.3) is 0 Å². The lowest BCUT2D eigenvalue weighted by Crippen LogP contribution is -2.03. The maximum absolute atomic E-state index is 9.51. The van der Waals surface area contributed by atoms with Crippen LogP contribution in [0.25, 0.3) is 17.1 Å². The Kier molecular flexibility index (Phi) is 4.19. The standard InChI is InChI=1S/C15H11Br2N3O/c16-11-6-10(7-12(17)8-11)15-19-18-14(9-21)20(15)13-4-2-1-3-5-13/h1-8,21H,9H2. The molecule has 1 N–H and O–H groups in total. The van der Waals surface area contributed by atoms with E-state index in [1.165, 1.54) is 0 Å². The van der Waals surface area contributed by atoms with Crippen molar-refractivity contribution in [2.45, 2.75) is 6.61 Å². The molecule has 21 heavy (non-hydrogen) atoms. The molecule has 0 spiro atoms. The van der Waals surface area contributed by atoms with Crippen molar-refractivity contribution in [1.29, 1.82) is 0 Å². The number of hydrogen-bond donors (Lipinski definition) is 1. The number of aliphatic hydroxyl groups is 1. The van der Waals surface area contributed by atoms with E-state index in [1.54, 1.807) is 0 Å². The lowest BCUT2D eigenvalue weighted by Gasteiger charge is -2.10. The minimum atomic E-state index is -0.170. The molecule has 4 nitrogen and oxygen atoms in total. The van der Waals surface area contributed by atoms with Gasteiger partial charge in [0.15, 0.2) is 11.6 Å². The van der Waals surface area contributed by atoms with Crippen LogP contribution in [0.15, 0.2) is 57.5 Å². The molecule has 0 bridgehead atoms. The van der Waals surface area contributed by atoms with Crippen LogP contribution in [0.3, 0.4) is 0 Å². The Labute approximate surface area is 138 Å². The van der Waals surface area contributed by atoms with Gasteiger partial charge in [-0.15, -0.1) is 10.2 Å². The average molecular weight is 409 g/mol. The normalized spacial score (nSPS) is 10.8. The summed E-state index contributed by atoms with van der Waals surface area (Å²) in [5.41, 5.74) is 1.82. The maximum Gasteiger partial charge on any atom is 0.168 e. The summed E-state index contributed by atoms with van der Waals surface area (Å²) in [4.78, 5) is 0. The molecule has 0 saturated carbocycles. The molecule has 0 aliphatic rings. The summed E-state index contributed by atoms with van der Waals surface area (Å²) in [7, 11) is 0. The Hall–Kier alpha value is -1.50. The van der Waals surface area contributed by atoms with Gasteiger partial charge in [0, 0.05) is 20.2 Å². The first kappa shape index (κ1) is 14.4. The zero-order valence-corrected chi connectivity index (χ0v) is 14.0. The number of nitrogens with zero attached hydrogens (tertiary/aromatic N) is 3. The first-order valence-electron chi connectivity index (χ1n) is 6.26. The lowest BCUT2D eigenvalue weighted by atomic mass is 10.2. The number of benzene rings is 2. The molecule has 0 aliphatic heterocycles. The quantitative estimate of drug-likeness (QED) is 0.713. The highest BCUT2D eigenvalue weighted by molar-refractivity contribution is 9.11. The van der Waals surface area contributed by atoms with E-state index in [0.29, 0.717) is 11.6 Å². The number of aromatic nitrogens is 3. The molecule has 0 unspecified atom stereocenters. The zero-order valence-electron chi connectivity index (χ0n) is 10.9. The molecule has 106 valence electrons. The van der Waals surface area contributed by atoms with Gasteiger partial charge >= 0.3 is 0 Å². The van der Waals surface area contributed by atoms with E-state index < -0.39 is 0 Å². The van der Waals surface area contributed by atoms with Gasteiger partial charge < -0.3 is 5.11 Å². The van der Waals surface area contributed by atoms with Crippen molar-refractivity contribution < 1.29 is 5.11 Å². The fourth-order valence-electron chi connectivity index (χ4n) is 2.14. The summed E-state index contributed by atoms with van der Waals surface area (Å²) in [6.07, 6.45) is 0. The van der Waals surface area contributed by atoms with E-state index in [-0.39, 0.29) is 6.61 Å². The molecule has 1 heterocycles. The Morgan fingerprint density at radius 1 is 0.952 bits per heavy atom. The van der Waals surface area contributed by atoms with Crippen LogP contribution in [0, 0.1) is 0 Å². The van der Waals surface area contributed by atoms with Gasteiger partial charge in [-0.1, -0.05) is 50.1 Å². The number of para-hydroxylation sites is 1. The van der Waals surface area contributed by atoms with Crippen molar-refractivity contribution in [3.63, 3.8) is 0 Å². The molecule has 2 aromatic carbocycles. The third-order valence-corrected chi connectivity index (χ3v) is 3.92. The van der Waals surface area contributed by atoms with Crippen LogP contribution < -0.4 is 0 Å². The Morgan fingerprint density at radius 3 is 2.24 bits per heavy atom. The summed E-state index contributed by atoms with van der Waals surface area (Å²) < 4.78 is 3.74. The second kappa shape index (κ2) is 6.09. The number of hydrogen-bond acceptors (Lipinski definition) is 3. The smallest absolute Gasteiger partial charge is 0.168 e. The van der Waals surface area contributed by atoms with E-state index in [1.807, 2.05) is 53.1 Å². The number of rotatable bonds is 3. The fourth-order valence-corrected chi connectivity index (χ4v) is 3.43. The highest BCUT2D eigenvalue weighted by Gasteiger charge is 2.15. The van der Waals surface area contributed by atoms with Crippen LogP contribution in [-0.2, 0) is 6.61 Å². The Bertz CT molecular complexity index is 752. The minimum absolute atomic E-state index is 0.170. The van der Waals surface area contributed by atoms with Gasteiger partial charge in [0.2, 0.25) is 0 Å². The SMILES string of the molecule is OCc1nnc(-c2cc(Br)cc(Br)c2)n1-c1ccccc1. The van der Waals surface area contributed by atoms with Crippen LogP contribution in [0.5, 0.6) is 0 Å². The van der Waals surface area contributed by atoms with Gasteiger partial charge in [-0.05, 0) is 30.3 Å². The molecule has 1 aromatic heterocycles. The molecular formula is C15H11Br2N3O. The third-order valence-electron chi connectivity index (χ3n) is 3.01. The van der Waals surface area contributed by atoms with E-state index in [4.69, 9.17) is 0 Å². The van der Waals surface area contributed by atoms with E-state index in [2.05, 4.69) is 42.1 Å². The van der Waals surface area contributed by atoms with Crippen LogP contribution in [0.4, 0.5) is 0 Å². The summed E-state index contributed by atoms with van der Waals surface area (Å²) in [5, 5.41) is 17.8. The molecule has 0 saturated heterocycles. The average Bonchev–Trinajstić information content (AvgIpc) is 2.91. The van der Waals surface area contributed by atoms with Crippen molar-refractivity contribution in [2.24, 2.45) is 0 Å². The van der Waals surface area contributed by atoms with Crippen LogP contribution >= 0.6 is 31.9 Å². The molecule has 0 amide bonds. The van der Waals surface area contributed by atoms with Gasteiger partial charge in [-0.2, -0.15) is 0 Å². The second-order valence-corrected chi connectivity index (χ2v) is 6.26. The van der Waals surface area contributed by atoms with Gasteiger partial charge in [0.1, 0.15) is 6.61 Å². The van der Waals surface area contributed by atoms with Gasteiger partial charge in [0.05, 0.1) is 0 Å². The summed E-state index contributed by atoms with van der Waals surface area (Å²) >= 11 is 6.96. The molecular weight excluding hydrogens is 398 g/mol. The topological polar surface area (TPSA) is 50.9 Å². The molecule has 0 aliphatic carbocycles. The van der Waals surface area contributed by atoms with E-state index in [9.17, 15) is 5.11 Å². The number of halogens is 2. The highest BCUT2D eigenvalue weighted by atomic mass is 79.9. The summed E-state index contributed by atoms with van der Waals surface area (Å²) in [5.74, 6) is 1.19. The molecule has 6 heteroatoms. The first-order chi connectivity index (χ1) is 10.2. The maximum atomic E-state index is 9.51. The van der Waals surface area contributed by atoms with Crippen molar-refractivity contribution in [1.82, 2.24) is 14.8 Å². The highest BCUT2D eigenvalue weighted by Crippen LogP contribution is 2.28. The Morgan fingerprint density at radius 2 is 1.62 bits per heavy atom. The molecule has 0 atom stereocenters. The van der Waals surface area contributed by atoms with E-state index in [0.717, 1.165) is 20.2 Å². The van der Waals surface area contributed by atoms with E-state index >= 15 is 0 Å². The molecule has 0 fully saturated rings. The predicted octanol–water partition coefficient (Wildman–Crippen LogP) is 3.95. The van der Waals surface area contributed by atoms with Crippen molar-refractivity contribution >= 4 is 31.9 Å². The minimum Gasteiger partial charge on any atom is -0.388 e. The summed E-state index contributed by atoms with van der Waals surface area (Å²) in [6, 6.07) is 15.6. The third kappa shape index (κ3) is 2.92. The Balaban J connectivity index is 2.22. The summed E-state index contributed by atoms with van der Waals surface area (Å²) in [6.45, 7) is -0.170. The van der Waals surface area contributed by atoms with Crippen molar-refractivity contribution in [2.75, 3.05) is 0 Å². The van der Waals surface area contributed by atoms with Crippen molar-refractivity contribution in [3.05, 3.63) is 63.3 Å². The monoisotopic (exact) mass is 407 g/mol. The first-order valence-corrected chi connectivity index (χ1v) is 7.84. The van der Waals surface area contributed by atoms with Crippen molar-refractivity contribution in [3.8, 4) is 17.1 Å². The van der Waals surface area contributed by atoms with Crippen LogP contribution in [0.1, 0.15) is 5.82 Å². The predicted molar refractivity (Wildman–Crippen MR) is 88.1 cm³/mol. The molecule has 3 aromatic rings. The molecule has 3 rings (SSSR count). The fraction of sp³-hybridized carbons (Fsp3) is 0.0667. The molecule has 0 radical (unpaired) electrons. The second-order valence-electron chi connectivity index (χ2n) is 4.43. The van der Waals surface area contributed by atoms with Gasteiger partial charge in [-0.3, -0.25) is 4.57 Å².